The molecule has 0 aliphatic carbocycles. The number of anilines is 2. The Kier molecular flexibility index (Phi) is 4.23. The first kappa shape index (κ1) is 18.7. The fourth-order valence-corrected chi connectivity index (χ4v) is 4.33. The third-order valence-corrected chi connectivity index (χ3v) is 5.87. The number of pyridine rings is 3. The number of nitrogens with one attached hydrogen (secondary N) is 2. The van der Waals surface area contributed by atoms with Gasteiger partial charge in [-0.05, 0) is 25.3 Å². The minimum Gasteiger partial charge on any atom is -0.397 e. The summed E-state index contributed by atoms with van der Waals surface area (Å²) in [5.41, 5.74) is 10.4. The van der Waals surface area contributed by atoms with E-state index in [1.807, 2.05) is 6.20 Å². The zero-order valence-electron chi connectivity index (χ0n) is 17.1. The van der Waals surface area contributed by atoms with Gasteiger partial charge < -0.3 is 15.6 Å². The molecule has 5 aromatic rings. The van der Waals surface area contributed by atoms with Crippen molar-refractivity contribution in [2.24, 2.45) is 0 Å². The summed E-state index contributed by atoms with van der Waals surface area (Å²) < 4.78 is 15.6. The van der Waals surface area contributed by atoms with Crippen LogP contribution < -0.4 is 10.6 Å². The Bertz CT molecular complexity index is 1450. The van der Waals surface area contributed by atoms with Crippen molar-refractivity contribution in [1.29, 1.82) is 0 Å². The van der Waals surface area contributed by atoms with Crippen molar-refractivity contribution < 1.29 is 4.39 Å². The lowest BCUT2D eigenvalue weighted by molar-refractivity contribution is 0.578. The molecule has 1 aliphatic heterocycles. The quantitative estimate of drug-likeness (QED) is 0.399. The third-order valence-electron chi connectivity index (χ3n) is 5.87. The molecule has 0 radical (unpaired) electrons. The van der Waals surface area contributed by atoms with Gasteiger partial charge in [0.1, 0.15) is 16.9 Å². The zero-order chi connectivity index (χ0) is 21.7. The normalized spacial score (nSPS) is 14.5. The number of rotatable bonds is 3. The number of hydrogen-bond donors (Lipinski definition) is 3. The van der Waals surface area contributed by atoms with Gasteiger partial charge >= 0.3 is 0 Å². The molecule has 0 amide bonds. The van der Waals surface area contributed by atoms with Gasteiger partial charge in [-0.25, -0.2) is 9.37 Å². The SMILES string of the molecule is Nc1cncc(-c2ncc3[nH]nc(-c4nc5c(N6CCCCC6)cncc5[nH]4)c3c2F)c1. The number of halogens is 1. The zero-order valence-corrected chi connectivity index (χ0v) is 17.1. The fraction of sp³-hybridized carbons (Fsp3) is 0.227. The highest BCUT2D eigenvalue weighted by atomic mass is 19.1. The van der Waals surface area contributed by atoms with Crippen molar-refractivity contribution in [3.8, 4) is 22.8 Å². The number of nitrogens with two attached hydrogens (primary N) is 1. The van der Waals surface area contributed by atoms with E-state index in [4.69, 9.17) is 10.7 Å². The topological polar surface area (TPSA) is 125 Å². The van der Waals surface area contributed by atoms with Crippen molar-refractivity contribution in [3.63, 3.8) is 0 Å². The van der Waals surface area contributed by atoms with Gasteiger partial charge in [0.15, 0.2) is 11.6 Å². The fourth-order valence-electron chi connectivity index (χ4n) is 4.33. The van der Waals surface area contributed by atoms with Crippen molar-refractivity contribution in [1.82, 2.24) is 35.1 Å². The maximum Gasteiger partial charge on any atom is 0.161 e. The van der Waals surface area contributed by atoms with Crippen molar-refractivity contribution in [2.45, 2.75) is 19.3 Å². The standard InChI is InChI=1S/C22H20FN9/c23-18-17-14(10-27-19(18)12-6-13(24)8-25-7-12)30-31-21(17)22-28-15-9-26-11-16(20(15)29-22)32-4-2-1-3-5-32/h6-11H,1-5,24H2,(H,28,29)(H,30,31). The van der Waals surface area contributed by atoms with Crippen LogP contribution in [0.5, 0.6) is 0 Å². The molecular formula is C22H20FN9. The third kappa shape index (κ3) is 2.95. The molecule has 0 saturated carbocycles. The van der Waals surface area contributed by atoms with E-state index >= 15 is 4.39 Å². The van der Waals surface area contributed by atoms with Crippen LogP contribution in [-0.2, 0) is 0 Å². The number of nitrogen functional groups attached to an aromatic ring is 1. The average Bonchev–Trinajstić information content (AvgIpc) is 3.44. The van der Waals surface area contributed by atoms with Crippen molar-refractivity contribution in [2.75, 3.05) is 23.7 Å². The monoisotopic (exact) mass is 429 g/mol. The summed E-state index contributed by atoms with van der Waals surface area (Å²) in [5.74, 6) is -0.0345. The summed E-state index contributed by atoms with van der Waals surface area (Å²) in [7, 11) is 0. The van der Waals surface area contributed by atoms with Crippen LogP contribution in [0.1, 0.15) is 19.3 Å². The van der Waals surface area contributed by atoms with Gasteiger partial charge in [-0.2, -0.15) is 5.10 Å². The van der Waals surface area contributed by atoms with E-state index in [1.54, 1.807) is 18.5 Å². The number of fused-ring (bicyclic) bond motifs is 2. The van der Waals surface area contributed by atoms with Gasteiger partial charge in [0.2, 0.25) is 0 Å². The average molecular weight is 429 g/mol. The van der Waals surface area contributed by atoms with E-state index in [0.717, 1.165) is 42.7 Å². The Hall–Kier alpha value is -4.08. The Morgan fingerprint density at radius 3 is 2.62 bits per heavy atom. The smallest absolute Gasteiger partial charge is 0.161 e. The van der Waals surface area contributed by atoms with Crippen LogP contribution in [0.4, 0.5) is 15.8 Å². The van der Waals surface area contributed by atoms with E-state index in [-0.39, 0.29) is 5.69 Å². The molecule has 0 atom stereocenters. The molecule has 1 saturated heterocycles. The minimum atomic E-state index is -0.506. The second-order valence-electron chi connectivity index (χ2n) is 7.98. The molecule has 10 heteroatoms. The van der Waals surface area contributed by atoms with E-state index < -0.39 is 5.82 Å². The molecule has 1 fully saturated rings. The lowest BCUT2D eigenvalue weighted by Crippen LogP contribution is -2.29. The Morgan fingerprint density at radius 1 is 0.938 bits per heavy atom. The highest BCUT2D eigenvalue weighted by Gasteiger charge is 2.22. The molecule has 0 unspecified atom stereocenters. The molecule has 5 aromatic heterocycles. The van der Waals surface area contributed by atoms with Crippen molar-refractivity contribution in [3.05, 3.63) is 42.9 Å². The van der Waals surface area contributed by atoms with Gasteiger partial charge in [0.05, 0.1) is 46.4 Å². The van der Waals surface area contributed by atoms with Crippen LogP contribution in [0.3, 0.4) is 0 Å². The van der Waals surface area contributed by atoms with Crippen LogP contribution in [0.25, 0.3) is 44.7 Å². The lowest BCUT2D eigenvalue weighted by atomic mass is 10.1. The molecule has 0 bridgehead atoms. The van der Waals surface area contributed by atoms with Crippen LogP contribution in [-0.4, -0.2) is 48.2 Å². The van der Waals surface area contributed by atoms with E-state index in [2.05, 4.69) is 35.0 Å². The number of hydrogen-bond acceptors (Lipinski definition) is 7. The first-order chi connectivity index (χ1) is 15.7. The first-order valence-electron chi connectivity index (χ1n) is 10.5. The predicted molar refractivity (Wildman–Crippen MR) is 120 cm³/mol. The molecule has 0 spiro atoms. The molecule has 0 aromatic carbocycles. The summed E-state index contributed by atoms with van der Waals surface area (Å²) in [5, 5.41) is 7.51. The van der Waals surface area contributed by atoms with Crippen LogP contribution in [0.2, 0.25) is 0 Å². The summed E-state index contributed by atoms with van der Waals surface area (Å²) in [6.45, 7) is 1.96. The van der Waals surface area contributed by atoms with E-state index in [0.29, 0.717) is 33.7 Å². The molecule has 1 aliphatic rings. The highest BCUT2D eigenvalue weighted by molar-refractivity contribution is 5.97. The summed E-state index contributed by atoms with van der Waals surface area (Å²) in [4.78, 5) is 23.1. The lowest BCUT2D eigenvalue weighted by Gasteiger charge is -2.28. The second kappa shape index (κ2) is 7.26. The number of imidazole rings is 1. The Morgan fingerprint density at radius 2 is 1.78 bits per heavy atom. The molecule has 4 N–H and O–H groups in total. The van der Waals surface area contributed by atoms with Gasteiger partial charge in [-0.3, -0.25) is 20.1 Å². The van der Waals surface area contributed by atoms with E-state index in [1.165, 1.54) is 18.8 Å². The van der Waals surface area contributed by atoms with Crippen LogP contribution in [0.15, 0.2) is 37.1 Å². The molecule has 6 heterocycles. The molecule has 160 valence electrons. The molecule has 9 nitrogen and oxygen atoms in total. The highest BCUT2D eigenvalue weighted by Crippen LogP contribution is 2.34. The Labute approximate surface area is 181 Å². The maximum absolute atomic E-state index is 15.6. The summed E-state index contributed by atoms with van der Waals surface area (Å²) in [6.07, 6.45) is 11.7. The first-order valence-corrected chi connectivity index (χ1v) is 10.5. The van der Waals surface area contributed by atoms with Gasteiger partial charge in [-0.1, -0.05) is 0 Å². The van der Waals surface area contributed by atoms with Crippen molar-refractivity contribution >= 4 is 33.3 Å². The van der Waals surface area contributed by atoms with Gasteiger partial charge in [-0.15, -0.1) is 0 Å². The summed E-state index contributed by atoms with van der Waals surface area (Å²) in [6, 6.07) is 1.64. The van der Waals surface area contributed by atoms with Gasteiger partial charge in [0, 0.05) is 31.0 Å². The number of aromatic amines is 2. The summed E-state index contributed by atoms with van der Waals surface area (Å²) >= 11 is 0. The number of nitrogens with zero attached hydrogens (tertiary/aromatic N) is 6. The minimum absolute atomic E-state index is 0.159. The molecule has 32 heavy (non-hydrogen) atoms. The van der Waals surface area contributed by atoms with Crippen LogP contribution >= 0.6 is 0 Å². The van der Waals surface area contributed by atoms with E-state index in [9.17, 15) is 0 Å². The number of aromatic nitrogens is 7. The predicted octanol–water partition coefficient (Wildman–Crippen LogP) is 3.67. The second-order valence-corrected chi connectivity index (χ2v) is 7.98. The largest absolute Gasteiger partial charge is 0.397 e. The maximum atomic E-state index is 15.6. The van der Waals surface area contributed by atoms with Gasteiger partial charge in [0.25, 0.3) is 0 Å². The van der Waals surface area contributed by atoms with Crippen LogP contribution in [0, 0.1) is 5.82 Å². The molecule has 6 rings (SSSR count). The number of piperidine rings is 1. The Balaban J connectivity index is 1.50. The number of H-pyrrole nitrogens is 2. The molecular weight excluding hydrogens is 409 g/mol.